The van der Waals surface area contributed by atoms with Gasteiger partial charge in [0.1, 0.15) is 5.69 Å². The zero-order valence-electron chi connectivity index (χ0n) is 14.9. The van der Waals surface area contributed by atoms with Crippen molar-refractivity contribution in [1.29, 1.82) is 0 Å². The lowest BCUT2D eigenvalue weighted by Crippen LogP contribution is -2.27. The van der Waals surface area contributed by atoms with Crippen LogP contribution in [0, 0.1) is 6.92 Å². The number of aromatic nitrogens is 1. The van der Waals surface area contributed by atoms with Gasteiger partial charge in [0.2, 0.25) is 0 Å². The van der Waals surface area contributed by atoms with Gasteiger partial charge in [0.25, 0.3) is 11.8 Å². The highest BCUT2D eigenvalue weighted by Gasteiger charge is 2.12. The standard InChI is InChI=1S/C19H24N4O2/c1-14-5-7-16(8-6-14)22-19(25)17-13-15(9-11-20-17)18(24)21-10-4-12-23(2)3/h5-9,11,13H,4,10,12H2,1-3H3,(H,21,24)(H,22,25). The van der Waals surface area contributed by atoms with Crippen LogP contribution in [0.4, 0.5) is 5.69 Å². The average molecular weight is 340 g/mol. The third kappa shape index (κ3) is 6.00. The van der Waals surface area contributed by atoms with Crippen LogP contribution in [-0.4, -0.2) is 48.9 Å². The molecule has 1 heterocycles. The Morgan fingerprint density at radius 2 is 1.80 bits per heavy atom. The molecular weight excluding hydrogens is 316 g/mol. The van der Waals surface area contributed by atoms with Gasteiger partial charge in [-0.05, 0) is 58.3 Å². The molecule has 2 N–H and O–H groups in total. The Hall–Kier alpha value is -2.73. The van der Waals surface area contributed by atoms with E-state index in [4.69, 9.17) is 0 Å². The van der Waals surface area contributed by atoms with Crippen molar-refractivity contribution in [1.82, 2.24) is 15.2 Å². The number of nitrogens with zero attached hydrogens (tertiary/aromatic N) is 2. The van der Waals surface area contributed by atoms with E-state index in [0.717, 1.165) is 18.5 Å². The quantitative estimate of drug-likeness (QED) is 0.759. The first-order valence-corrected chi connectivity index (χ1v) is 8.22. The molecule has 0 aliphatic rings. The second kappa shape index (κ2) is 8.94. The van der Waals surface area contributed by atoms with Crippen LogP contribution in [0.1, 0.15) is 32.8 Å². The smallest absolute Gasteiger partial charge is 0.274 e. The Balaban J connectivity index is 1.96. The zero-order valence-corrected chi connectivity index (χ0v) is 14.9. The number of hydrogen-bond donors (Lipinski definition) is 2. The maximum atomic E-state index is 12.3. The van der Waals surface area contributed by atoms with E-state index in [0.29, 0.717) is 17.8 Å². The molecule has 0 spiro atoms. The second-order valence-electron chi connectivity index (χ2n) is 6.16. The van der Waals surface area contributed by atoms with Crippen molar-refractivity contribution in [2.75, 3.05) is 32.5 Å². The van der Waals surface area contributed by atoms with E-state index in [2.05, 4.69) is 20.5 Å². The van der Waals surface area contributed by atoms with Crippen molar-refractivity contribution in [2.24, 2.45) is 0 Å². The number of benzene rings is 1. The minimum atomic E-state index is -0.342. The molecule has 132 valence electrons. The highest BCUT2D eigenvalue weighted by Crippen LogP contribution is 2.11. The topological polar surface area (TPSA) is 74.3 Å². The first-order chi connectivity index (χ1) is 12.0. The van der Waals surface area contributed by atoms with E-state index in [9.17, 15) is 9.59 Å². The Kier molecular flexibility index (Phi) is 6.65. The van der Waals surface area contributed by atoms with Gasteiger partial charge >= 0.3 is 0 Å². The second-order valence-corrected chi connectivity index (χ2v) is 6.16. The van der Waals surface area contributed by atoms with Crippen LogP contribution in [0.5, 0.6) is 0 Å². The molecule has 0 aliphatic carbocycles. The van der Waals surface area contributed by atoms with Gasteiger partial charge in [-0.1, -0.05) is 17.7 Å². The summed E-state index contributed by atoms with van der Waals surface area (Å²) in [4.78, 5) is 30.6. The highest BCUT2D eigenvalue weighted by atomic mass is 16.2. The summed E-state index contributed by atoms with van der Waals surface area (Å²) in [5, 5.41) is 5.63. The molecule has 2 aromatic rings. The molecule has 25 heavy (non-hydrogen) atoms. The Morgan fingerprint density at radius 3 is 2.48 bits per heavy atom. The summed E-state index contributed by atoms with van der Waals surface area (Å²) < 4.78 is 0. The van der Waals surface area contributed by atoms with Crippen molar-refractivity contribution >= 4 is 17.5 Å². The molecule has 0 bridgehead atoms. The third-order valence-electron chi connectivity index (χ3n) is 3.63. The predicted molar refractivity (Wildman–Crippen MR) is 98.9 cm³/mol. The number of carbonyl (C=O) groups excluding carboxylic acids is 2. The fourth-order valence-corrected chi connectivity index (χ4v) is 2.23. The van der Waals surface area contributed by atoms with E-state index in [1.807, 2.05) is 45.3 Å². The average Bonchev–Trinajstić information content (AvgIpc) is 2.60. The minimum absolute atomic E-state index is 0.203. The van der Waals surface area contributed by atoms with Crippen LogP contribution in [0.15, 0.2) is 42.6 Å². The molecule has 1 aromatic carbocycles. The van der Waals surface area contributed by atoms with Gasteiger partial charge in [0, 0.05) is 24.0 Å². The fourth-order valence-electron chi connectivity index (χ4n) is 2.23. The van der Waals surface area contributed by atoms with Gasteiger partial charge in [-0.25, -0.2) is 0 Å². The largest absolute Gasteiger partial charge is 0.352 e. The lowest BCUT2D eigenvalue weighted by Gasteiger charge is -2.10. The van der Waals surface area contributed by atoms with E-state index in [1.54, 1.807) is 6.07 Å². The van der Waals surface area contributed by atoms with Gasteiger partial charge in [-0.2, -0.15) is 0 Å². The number of nitrogens with one attached hydrogen (secondary N) is 2. The molecule has 2 rings (SSSR count). The summed E-state index contributed by atoms with van der Waals surface area (Å²) in [5.74, 6) is -0.545. The number of aryl methyl sites for hydroxylation is 1. The molecule has 0 saturated heterocycles. The van der Waals surface area contributed by atoms with Crippen molar-refractivity contribution in [2.45, 2.75) is 13.3 Å². The Labute approximate surface area is 148 Å². The van der Waals surface area contributed by atoms with Crippen LogP contribution in [0.3, 0.4) is 0 Å². The Morgan fingerprint density at radius 1 is 1.08 bits per heavy atom. The number of rotatable bonds is 7. The van der Waals surface area contributed by atoms with Crippen LogP contribution in [-0.2, 0) is 0 Å². The van der Waals surface area contributed by atoms with E-state index in [-0.39, 0.29) is 17.5 Å². The van der Waals surface area contributed by atoms with Crippen molar-refractivity contribution in [3.63, 3.8) is 0 Å². The van der Waals surface area contributed by atoms with E-state index >= 15 is 0 Å². The minimum Gasteiger partial charge on any atom is -0.352 e. The molecule has 0 radical (unpaired) electrons. The Bertz CT molecular complexity index is 726. The zero-order chi connectivity index (χ0) is 18.2. The summed E-state index contributed by atoms with van der Waals surface area (Å²) in [6, 6.07) is 10.6. The molecule has 2 amide bonds. The van der Waals surface area contributed by atoms with Gasteiger partial charge in [0.05, 0.1) is 0 Å². The summed E-state index contributed by atoms with van der Waals surface area (Å²) >= 11 is 0. The van der Waals surface area contributed by atoms with E-state index in [1.165, 1.54) is 12.3 Å². The number of hydrogen-bond acceptors (Lipinski definition) is 4. The van der Waals surface area contributed by atoms with Crippen LogP contribution >= 0.6 is 0 Å². The number of anilines is 1. The monoisotopic (exact) mass is 340 g/mol. The van der Waals surface area contributed by atoms with Crippen molar-refractivity contribution in [3.05, 3.63) is 59.4 Å². The first kappa shape index (κ1) is 18.6. The van der Waals surface area contributed by atoms with Crippen LogP contribution < -0.4 is 10.6 Å². The lowest BCUT2D eigenvalue weighted by molar-refractivity contribution is 0.0952. The van der Waals surface area contributed by atoms with Crippen molar-refractivity contribution < 1.29 is 9.59 Å². The SMILES string of the molecule is Cc1ccc(NC(=O)c2cc(C(=O)NCCCN(C)C)ccn2)cc1. The predicted octanol–water partition coefficient (Wildman–Crippen LogP) is 2.32. The summed E-state index contributed by atoms with van der Waals surface area (Å²) in [7, 11) is 3.98. The van der Waals surface area contributed by atoms with Gasteiger partial charge in [-0.15, -0.1) is 0 Å². The fraction of sp³-hybridized carbons (Fsp3) is 0.316. The molecule has 0 saturated carbocycles. The maximum Gasteiger partial charge on any atom is 0.274 e. The van der Waals surface area contributed by atoms with Crippen LogP contribution in [0.25, 0.3) is 0 Å². The maximum absolute atomic E-state index is 12.3. The first-order valence-electron chi connectivity index (χ1n) is 8.22. The number of carbonyl (C=O) groups is 2. The molecule has 1 aromatic heterocycles. The van der Waals surface area contributed by atoms with Gasteiger partial charge < -0.3 is 15.5 Å². The molecule has 6 heteroatoms. The lowest BCUT2D eigenvalue weighted by atomic mass is 10.2. The molecule has 0 aliphatic heterocycles. The highest BCUT2D eigenvalue weighted by molar-refractivity contribution is 6.04. The van der Waals surface area contributed by atoms with Crippen molar-refractivity contribution in [3.8, 4) is 0 Å². The molecule has 6 nitrogen and oxygen atoms in total. The molecule has 0 atom stereocenters. The number of amides is 2. The third-order valence-corrected chi connectivity index (χ3v) is 3.63. The number of pyridine rings is 1. The summed E-state index contributed by atoms with van der Waals surface area (Å²) in [6.07, 6.45) is 2.34. The molecular formula is C19H24N4O2. The van der Waals surface area contributed by atoms with Gasteiger partial charge in [-0.3, -0.25) is 14.6 Å². The summed E-state index contributed by atoms with van der Waals surface area (Å²) in [6.45, 7) is 3.47. The van der Waals surface area contributed by atoms with Crippen LogP contribution in [0.2, 0.25) is 0 Å². The van der Waals surface area contributed by atoms with E-state index < -0.39 is 0 Å². The normalized spacial score (nSPS) is 10.6. The van der Waals surface area contributed by atoms with Gasteiger partial charge in [0.15, 0.2) is 0 Å². The molecule has 0 fully saturated rings. The summed E-state index contributed by atoms with van der Waals surface area (Å²) in [5.41, 5.74) is 2.44. The molecule has 0 unspecified atom stereocenters.